The van der Waals surface area contributed by atoms with Crippen molar-refractivity contribution >= 4 is 35.2 Å². The van der Waals surface area contributed by atoms with Crippen LogP contribution in [0.25, 0.3) is 12.2 Å². The zero-order valence-corrected chi connectivity index (χ0v) is 20.0. The molecule has 1 heterocycles. The molecule has 0 aliphatic rings. The maximum absolute atomic E-state index is 13.4. The third-order valence-electron chi connectivity index (χ3n) is 4.93. The molecule has 0 amide bonds. The number of aryl methyl sites for hydroxylation is 1. The van der Waals surface area contributed by atoms with Gasteiger partial charge >= 0.3 is 5.97 Å². The average molecular weight is 466 g/mol. The molecule has 172 valence electrons. The number of nitrogens with zero attached hydrogens (tertiary/aromatic N) is 1. The number of carbonyl (C=O) groups is 2. The van der Waals surface area contributed by atoms with E-state index in [1.165, 1.54) is 28.9 Å². The fourth-order valence-corrected chi connectivity index (χ4v) is 4.31. The Morgan fingerprint density at radius 2 is 1.79 bits per heavy atom. The van der Waals surface area contributed by atoms with Gasteiger partial charge in [-0.1, -0.05) is 29.8 Å². The van der Waals surface area contributed by atoms with Crippen molar-refractivity contribution in [3.05, 3.63) is 84.3 Å². The molecular formula is C26H27NO5S. The molecule has 0 N–H and O–H groups in total. The summed E-state index contributed by atoms with van der Waals surface area (Å²) in [4.78, 5) is 37.5. The molecule has 0 aliphatic carbocycles. The van der Waals surface area contributed by atoms with Gasteiger partial charge in [-0.15, -0.1) is 11.3 Å². The summed E-state index contributed by atoms with van der Waals surface area (Å²) in [5.74, 6) is -0.00711. The van der Waals surface area contributed by atoms with Crippen molar-refractivity contribution in [1.29, 1.82) is 0 Å². The van der Waals surface area contributed by atoms with E-state index in [0.29, 0.717) is 32.7 Å². The zero-order valence-electron chi connectivity index (χ0n) is 19.2. The van der Waals surface area contributed by atoms with Crippen LogP contribution in [0.15, 0.2) is 47.3 Å². The molecule has 0 atom stereocenters. The van der Waals surface area contributed by atoms with E-state index >= 15 is 0 Å². The Kier molecular flexibility index (Phi) is 8.01. The molecule has 2 aromatic carbocycles. The Morgan fingerprint density at radius 1 is 1.06 bits per heavy atom. The van der Waals surface area contributed by atoms with Crippen molar-refractivity contribution in [3.63, 3.8) is 0 Å². The van der Waals surface area contributed by atoms with Crippen LogP contribution in [0.4, 0.5) is 0 Å². The normalized spacial score (nSPS) is 12.1. The van der Waals surface area contributed by atoms with Crippen LogP contribution < -0.4 is 19.5 Å². The van der Waals surface area contributed by atoms with E-state index in [4.69, 9.17) is 9.47 Å². The van der Waals surface area contributed by atoms with Crippen LogP contribution in [0.2, 0.25) is 0 Å². The summed E-state index contributed by atoms with van der Waals surface area (Å²) < 4.78 is 13.3. The first-order valence-electron chi connectivity index (χ1n) is 10.8. The number of esters is 1. The molecular weight excluding hydrogens is 438 g/mol. The van der Waals surface area contributed by atoms with E-state index in [2.05, 4.69) is 0 Å². The van der Waals surface area contributed by atoms with E-state index in [1.807, 2.05) is 38.1 Å². The quantitative estimate of drug-likeness (QED) is 0.378. The lowest BCUT2D eigenvalue weighted by atomic mass is 10.1. The highest BCUT2D eigenvalue weighted by molar-refractivity contribution is 7.07. The van der Waals surface area contributed by atoms with Gasteiger partial charge in [-0.05, 0) is 57.5 Å². The fraction of sp³-hybridized carbons (Fsp3) is 0.269. The van der Waals surface area contributed by atoms with Gasteiger partial charge in [-0.3, -0.25) is 14.2 Å². The highest BCUT2D eigenvalue weighted by atomic mass is 32.1. The molecule has 3 aromatic rings. The van der Waals surface area contributed by atoms with Gasteiger partial charge in [0.25, 0.3) is 5.56 Å². The highest BCUT2D eigenvalue weighted by Crippen LogP contribution is 2.21. The summed E-state index contributed by atoms with van der Waals surface area (Å²) in [5, 5.41) is 0. The second-order valence-corrected chi connectivity index (χ2v) is 8.52. The Balaban J connectivity index is 2.18. The van der Waals surface area contributed by atoms with Gasteiger partial charge in [0.15, 0.2) is 5.78 Å². The lowest BCUT2D eigenvalue weighted by Gasteiger charge is -2.12. The Hall–Kier alpha value is -3.45. The monoisotopic (exact) mass is 465 g/mol. The fourth-order valence-electron chi connectivity index (χ4n) is 3.28. The molecule has 0 radical (unpaired) electrons. The van der Waals surface area contributed by atoms with Crippen LogP contribution in [0, 0.1) is 6.92 Å². The first kappa shape index (κ1) is 24.2. The maximum atomic E-state index is 13.4. The summed E-state index contributed by atoms with van der Waals surface area (Å²) in [6.45, 7) is 7.92. The summed E-state index contributed by atoms with van der Waals surface area (Å²) in [6, 6.07) is 13.0. The molecule has 3 rings (SSSR count). The molecule has 0 bridgehead atoms. The topological polar surface area (TPSA) is 74.6 Å². The van der Waals surface area contributed by atoms with Crippen LogP contribution in [-0.4, -0.2) is 29.5 Å². The predicted octanol–water partition coefficient (Wildman–Crippen LogP) is 3.04. The van der Waals surface area contributed by atoms with Gasteiger partial charge in [0.1, 0.15) is 10.4 Å². The summed E-state index contributed by atoms with van der Waals surface area (Å²) in [7, 11) is 0. The van der Waals surface area contributed by atoms with Gasteiger partial charge in [0.2, 0.25) is 0 Å². The van der Waals surface area contributed by atoms with Crippen molar-refractivity contribution < 1.29 is 19.1 Å². The van der Waals surface area contributed by atoms with Crippen LogP contribution in [0.1, 0.15) is 47.8 Å². The number of ether oxygens (including phenoxy) is 2. The average Bonchev–Trinajstić information content (AvgIpc) is 3.05. The number of Topliss-reactive ketones (excluding diaryl/α,β-unsaturated/α-hetero) is 1. The smallest absolute Gasteiger partial charge is 0.333 e. The third kappa shape index (κ3) is 6.08. The lowest BCUT2D eigenvalue weighted by Crippen LogP contribution is -2.32. The molecule has 33 heavy (non-hydrogen) atoms. The molecule has 6 nitrogen and oxygen atoms in total. The summed E-state index contributed by atoms with van der Waals surface area (Å²) >= 11 is 1.22. The Labute approximate surface area is 196 Å². The van der Waals surface area contributed by atoms with Gasteiger partial charge in [-0.25, -0.2) is 4.79 Å². The number of hydrogen-bond donors (Lipinski definition) is 0. The predicted molar refractivity (Wildman–Crippen MR) is 130 cm³/mol. The number of rotatable bonds is 8. The van der Waals surface area contributed by atoms with E-state index in [-0.39, 0.29) is 24.5 Å². The number of aromatic nitrogens is 1. The second kappa shape index (κ2) is 10.9. The highest BCUT2D eigenvalue weighted by Gasteiger charge is 2.13. The Bertz CT molecular complexity index is 1330. The minimum absolute atomic E-state index is 0.0799. The van der Waals surface area contributed by atoms with Crippen LogP contribution >= 0.6 is 11.3 Å². The molecule has 0 aliphatic heterocycles. The molecule has 0 saturated heterocycles. The summed E-state index contributed by atoms with van der Waals surface area (Å²) in [6.07, 6.45) is 3.14. The number of carbonyl (C=O) groups excluding carboxylic acids is 2. The van der Waals surface area contributed by atoms with E-state index in [1.54, 1.807) is 31.2 Å². The Morgan fingerprint density at radius 3 is 2.42 bits per heavy atom. The van der Waals surface area contributed by atoms with Crippen LogP contribution in [0.3, 0.4) is 0 Å². The molecule has 7 heteroatoms. The van der Waals surface area contributed by atoms with Crippen molar-refractivity contribution in [2.75, 3.05) is 13.2 Å². The molecule has 0 fully saturated rings. The minimum Gasteiger partial charge on any atom is -0.494 e. The summed E-state index contributed by atoms with van der Waals surface area (Å²) in [5.41, 5.74) is 3.00. The number of ketones is 1. The maximum Gasteiger partial charge on any atom is 0.333 e. The van der Waals surface area contributed by atoms with Gasteiger partial charge in [-0.2, -0.15) is 0 Å². The van der Waals surface area contributed by atoms with Crippen molar-refractivity contribution in [1.82, 2.24) is 4.57 Å². The zero-order chi connectivity index (χ0) is 24.0. The third-order valence-corrected chi connectivity index (χ3v) is 5.99. The molecule has 0 spiro atoms. The number of benzene rings is 2. The number of thiazole rings is 1. The molecule has 1 aromatic heterocycles. The van der Waals surface area contributed by atoms with Crippen molar-refractivity contribution in [2.24, 2.45) is 0 Å². The van der Waals surface area contributed by atoms with E-state index in [9.17, 15) is 14.4 Å². The standard InChI is InChI=1S/C26H27NO5S/c1-5-31-22-12-11-20(18(4)28)14-21(22)16-27-24(15-25(29)32-6-2)33-23(26(27)30)13-19-9-7-17(3)8-10-19/h7-15H,5-6,16H2,1-4H3/b23-13+,24-15-. The first-order chi connectivity index (χ1) is 15.8. The van der Waals surface area contributed by atoms with Crippen molar-refractivity contribution in [2.45, 2.75) is 34.2 Å². The minimum atomic E-state index is -0.517. The SMILES string of the molecule is CCOC(=O)/C=c1\s/c(=C/c2ccc(C)cc2)c(=O)n1Cc1cc(C(C)=O)ccc1OCC. The second-order valence-electron chi connectivity index (χ2n) is 7.46. The van der Waals surface area contributed by atoms with Gasteiger partial charge in [0, 0.05) is 11.1 Å². The van der Waals surface area contributed by atoms with E-state index in [0.717, 1.165) is 11.1 Å². The molecule has 0 unspecified atom stereocenters. The van der Waals surface area contributed by atoms with Gasteiger partial charge in [0.05, 0.1) is 30.4 Å². The number of hydrogen-bond acceptors (Lipinski definition) is 6. The van der Waals surface area contributed by atoms with Gasteiger partial charge < -0.3 is 9.47 Å². The van der Waals surface area contributed by atoms with Crippen molar-refractivity contribution in [3.8, 4) is 5.75 Å². The van der Waals surface area contributed by atoms with Crippen LogP contribution in [0.5, 0.6) is 5.75 Å². The van der Waals surface area contributed by atoms with E-state index < -0.39 is 5.97 Å². The first-order valence-corrected chi connectivity index (χ1v) is 11.6. The lowest BCUT2D eigenvalue weighted by molar-refractivity contribution is -0.135. The largest absolute Gasteiger partial charge is 0.494 e. The molecule has 0 saturated carbocycles. The van der Waals surface area contributed by atoms with Crippen LogP contribution in [-0.2, 0) is 16.1 Å².